The van der Waals surface area contributed by atoms with E-state index in [1.165, 1.54) is 19.2 Å². The van der Waals surface area contributed by atoms with Gasteiger partial charge in [-0.15, -0.1) is 0 Å². The minimum atomic E-state index is -1.27. The Morgan fingerprint density at radius 1 is 1.37 bits per heavy atom. The van der Waals surface area contributed by atoms with Crippen LogP contribution in [0.5, 0.6) is 17.2 Å². The van der Waals surface area contributed by atoms with E-state index in [2.05, 4.69) is 0 Å². The van der Waals surface area contributed by atoms with Gasteiger partial charge in [0.1, 0.15) is 5.69 Å². The summed E-state index contributed by atoms with van der Waals surface area (Å²) in [5.74, 6) is 0.424. The Morgan fingerprint density at radius 3 is 2.84 bits per heavy atom. The number of methoxy groups -OCH3 is 1. The lowest BCUT2D eigenvalue weighted by atomic mass is 10.2. The lowest BCUT2D eigenvalue weighted by Crippen LogP contribution is -2.45. The van der Waals surface area contributed by atoms with Crippen molar-refractivity contribution >= 4 is 11.6 Å². The lowest BCUT2D eigenvalue weighted by molar-refractivity contribution is -0.177. The zero-order chi connectivity index (χ0) is 13.4. The van der Waals surface area contributed by atoms with Gasteiger partial charge in [0.15, 0.2) is 24.0 Å². The van der Waals surface area contributed by atoms with Crippen LogP contribution in [0.15, 0.2) is 12.1 Å². The zero-order valence-corrected chi connectivity index (χ0v) is 9.99. The van der Waals surface area contributed by atoms with Crippen LogP contribution in [0.25, 0.3) is 0 Å². The monoisotopic (exact) mass is 269 g/mol. The Bertz CT molecular complexity index is 518. The second kappa shape index (κ2) is 4.57. The Labute approximate surface area is 107 Å². The van der Waals surface area contributed by atoms with Gasteiger partial charge < -0.3 is 23.7 Å². The molecule has 0 aliphatic carbocycles. The fraction of sp³-hybridized carbons (Fsp3) is 0.364. The van der Waals surface area contributed by atoms with Crippen molar-refractivity contribution in [2.45, 2.75) is 6.29 Å². The smallest absolute Gasteiger partial charge is 0.320 e. The van der Waals surface area contributed by atoms with Crippen molar-refractivity contribution in [2.75, 3.05) is 25.8 Å². The van der Waals surface area contributed by atoms with Crippen molar-refractivity contribution in [2.24, 2.45) is 0 Å². The molecule has 0 bridgehead atoms. The van der Waals surface area contributed by atoms with Gasteiger partial charge in [-0.1, -0.05) is 0 Å². The Balaban J connectivity index is 1.92. The van der Waals surface area contributed by atoms with E-state index in [4.69, 9.17) is 23.7 Å². The maximum atomic E-state index is 11.8. The van der Waals surface area contributed by atoms with Crippen LogP contribution in [0.4, 0.5) is 5.69 Å². The highest BCUT2D eigenvalue weighted by molar-refractivity contribution is 5.97. The highest BCUT2D eigenvalue weighted by Crippen LogP contribution is 2.44. The van der Waals surface area contributed by atoms with Gasteiger partial charge in [0.2, 0.25) is 6.79 Å². The number of anilines is 1. The molecule has 1 aromatic carbocycles. The van der Waals surface area contributed by atoms with Crippen LogP contribution < -0.4 is 19.3 Å². The molecule has 2 heterocycles. The summed E-state index contributed by atoms with van der Waals surface area (Å²) in [5.41, 5.74) is 0.173. The standard InChI is InChI=1S/C11H11NO7/c1-15-4-18-11-10(13)12(14)6-2-8-9(17-5-16-8)3-7(6)19-11/h2-3,11,14H,4-5H2,1H3. The number of fused-ring (bicyclic) bond motifs is 2. The Morgan fingerprint density at radius 2 is 2.11 bits per heavy atom. The maximum Gasteiger partial charge on any atom is 0.320 e. The summed E-state index contributed by atoms with van der Waals surface area (Å²) >= 11 is 0. The highest BCUT2D eigenvalue weighted by Gasteiger charge is 2.36. The number of rotatable bonds is 3. The van der Waals surface area contributed by atoms with E-state index in [0.717, 1.165) is 0 Å². The number of nitrogens with zero attached hydrogens (tertiary/aromatic N) is 1. The third-order valence-electron chi connectivity index (χ3n) is 2.66. The maximum absolute atomic E-state index is 11.8. The molecule has 8 nitrogen and oxygen atoms in total. The summed E-state index contributed by atoms with van der Waals surface area (Å²) in [6, 6.07) is 2.98. The molecule has 2 aliphatic heterocycles. The van der Waals surface area contributed by atoms with Gasteiger partial charge >= 0.3 is 5.91 Å². The molecule has 1 aromatic rings. The third kappa shape index (κ3) is 1.95. The van der Waals surface area contributed by atoms with Gasteiger partial charge in [0.05, 0.1) is 0 Å². The third-order valence-corrected chi connectivity index (χ3v) is 2.66. The lowest BCUT2D eigenvalue weighted by Gasteiger charge is -2.29. The molecule has 0 saturated heterocycles. The van der Waals surface area contributed by atoms with E-state index in [-0.39, 0.29) is 25.0 Å². The van der Waals surface area contributed by atoms with Crippen LogP contribution in [0.1, 0.15) is 0 Å². The van der Waals surface area contributed by atoms with Crippen molar-refractivity contribution in [3.63, 3.8) is 0 Å². The van der Waals surface area contributed by atoms with E-state index in [1.807, 2.05) is 0 Å². The largest absolute Gasteiger partial charge is 0.454 e. The topological polar surface area (TPSA) is 86.7 Å². The molecule has 0 fully saturated rings. The van der Waals surface area contributed by atoms with Gasteiger partial charge in [0, 0.05) is 19.2 Å². The average molecular weight is 269 g/mol. The molecule has 2 aliphatic rings. The first-order valence-electron chi connectivity index (χ1n) is 5.44. The number of carbonyl (C=O) groups is 1. The van der Waals surface area contributed by atoms with Gasteiger partial charge in [0.25, 0.3) is 6.29 Å². The van der Waals surface area contributed by atoms with Crippen LogP contribution in [0.2, 0.25) is 0 Å². The molecule has 1 unspecified atom stereocenters. The van der Waals surface area contributed by atoms with Crippen molar-refractivity contribution in [3.8, 4) is 17.2 Å². The summed E-state index contributed by atoms with van der Waals surface area (Å²) in [7, 11) is 1.41. The summed E-state index contributed by atoms with van der Waals surface area (Å²) < 4.78 is 25.4. The molecule has 1 atom stereocenters. The highest BCUT2D eigenvalue weighted by atomic mass is 16.8. The molecule has 0 saturated carbocycles. The molecule has 0 spiro atoms. The summed E-state index contributed by atoms with van der Waals surface area (Å²) in [6.45, 7) is -0.0503. The Hall–Kier alpha value is -2.03. The summed E-state index contributed by atoms with van der Waals surface area (Å²) in [6.07, 6.45) is -1.27. The van der Waals surface area contributed by atoms with Crippen molar-refractivity contribution in [1.29, 1.82) is 0 Å². The molecule has 1 amide bonds. The number of carbonyl (C=O) groups excluding carboxylic acids is 1. The average Bonchev–Trinajstić information content (AvgIpc) is 2.86. The van der Waals surface area contributed by atoms with Gasteiger partial charge in [-0.25, -0.2) is 0 Å². The van der Waals surface area contributed by atoms with Crippen LogP contribution >= 0.6 is 0 Å². The molecule has 1 N–H and O–H groups in total. The molecule has 8 heteroatoms. The van der Waals surface area contributed by atoms with E-state index in [1.54, 1.807) is 0 Å². The van der Waals surface area contributed by atoms with E-state index in [0.29, 0.717) is 16.6 Å². The quantitative estimate of drug-likeness (QED) is 0.630. The molecular weight excluding hydrogens is 258 g/mol. The van der Waals surface area contributed by atoms with Gasteiger partial charge in [-0.2, -0.15) is 5.06 Å². The first kappa shape index (κ1) is 12.0. The van der Waals surface area contributed by atoms with Crippen LogP contribution in [-0.2, 0) is 14.3 Å². The van der Waals surface area contributed by atoms with Crippen LogP contribution in [-0.4, -0.2) is 38.1 Å². The second-order valence-electron chi connectivity index (χ2n) is 3.85. The minimum Gasteiger partial charge on any atom is -0.454 e. The second-order valence-corrected chi connectivity index (χ2v) is 3.85. The summed E-state index contributed by atoms with van der Waals surface area (Å²) in [5, 5.41) is 10.3. The zero-order valence-electron chi connectivity index (χ0n) is 9.99. The number of ether oxygens (including phenoxy) is 5. The van der Waals surface area contributed by atoms with Gasteiger partial charge in [-0.05, 0) is 0 Å². The predicted octanol–water partition coefficient (Wildman–Crippen LogP) is 0.477. The van der Waals surface area contributed by atoms with E-state index < -0.39 is 12.2 Å². The molecule has 0 aromatic heterocycles. The minimum absolute atomic E-state index is 0.0845. The van der Waals surface area contributed by atoms with E-state index in [9.17, 15) is 10.0 Å². The SMILES string of the molecule is COCOC1Oc2cc3c(cc2N(O)C1=O)OCO3. The number of benzene rings is 1. The molecule has 102 valence electrons. The van der Waals surface area contributed by atoms with Crippen molar-refractivity contribution in [1.82, 2.24) is 0 Å². The molecular formula is C11H11NO7. The van der Waals surface area contributed by atoms with E-state index >= 15 is 0 Å². The first-order valence-corrected chi connectivity index (χ1v) is 5.44. The number of amides is 1. The predicted molar refractivity (Wildman–Crippen MR) is 59.2 cm³/mol. The Kier molecular flexibility index (Phi) is 2.90. The normalized spacial score (nSPS) is 20.2. The molecule has 19 heavy (non-hydrogen) atoms. The number of hydrogen-bond acceptors (Lipinski definition) is 7. The van der Waals surface area contributed by atoms with Crippen molar-refractivity contribution in [3.05, 3.63) is 12.1 Å². The van der Waals surface area contributed by atoms with Gasteiger partial charge in [-0.3, -0.25) is 10.0 Å². The molecule has 0 radical (unpaired) electrons. The fourth-order valence-electron chi connectivity index (χ4n) is 1.79. The number of hydroxylamine groups is 1. The summed E-state index contributed by atoms with van der Waals surface area (Å²) in [4.78, 5) is 11.8. The van der Waals surface area contributed by atoms with Crippen LogP contribution in [0, 0.1) is 0 Å². The fourth-order valence-corrected chi connectivity index (χ4v) is 1.79. The molecule has 3 rings (SSSR count). The van der Waals surface area contributed by atoms with Crippen LogP contribution in [0.3, 0.4) is 0 Å². The van der Waals surface area contributed by atoms with Crippen molar-refractivity contribution < 1.29 is 33.7 Å². The number of hydrogen-bond donors (Lipinski definition) is 1. The first-order chi connectivity index (χ1) is 9.20.